The highest BCUT2D eigenvalue weighted by Crippen LogP contribution is 2.37. The molecule has 0 heterocycles. The third-order valence-corrected chi connectivity index (χ3v) is 3.31. The fraction of sp³-hybridized carbons (Fsp3) is 0.538. The van der Waals surface area contributed by atoms with Crippen LogP contribution in [0.2, 0.25) is 0 Å². The Morgan fingerprint density at radius 3 is 2.20 bits per heavy atom. The van der Waals surface area contributed by atoms with Crippen LogP contribution in [0.5, 0.6) is 5.75 Å². The highest BCUT2D eigenvalue weighted by Gasteiger charge is 2.30. The molecule has 2 nitrogen and oxygen atoms in total. The summed E-state index contributed by atoms with van der Waals surface area (Å²) in [6.07, 6.45) is 5.28. The van der Waals surface area contributed by atoms with E-state index in [9.17, 15) is 5.11 Å². The number of ether oxygens (including phenoxy) is 1. The maximum absolute atomic E-state index is 10.5. The van der Waals surface area contributed by atoms with Crippen LogP contribution in [0.3, 0.4) is 0 Å². The monoisotopic (exact) mass is 206 g/mol. The van der Waals surface area contributed by atoms with Gasteiger partial charge in [0.25, 0.3) is 0 Å². The Bertz CT molecular complexity index is 310. The summed E-state index contributed by atoms with van der Waals surface area (Å²) in [4.78, 5) is 0. The Labute approximate surface area is 90.9 Å². The van der Waals surface area contributed by atoms with Gasteiger partial charge in [-0.25, -0.2) is 0 Å². The smallest absolute Gasteiger partial charge is 0.118 e. The van der Waals surface area contributed by atoms with E-state index >= 15 is 0 Å². The predicted molar refractivity (Wildman–Crippen MR) is 60.0 cm³/mol. The highest BCUT2D eigenvalue weighted by atomic mass is 16.5. The summed E-state index contributed by atoms with van der Waals surface area (Å²) in [7, 11) is 1.66. The van der Waals surface area contributed by atoms with Gasteiger partial charge in [-0.1, -0.05) is 31.4 Å². The Morgan fingerprint density at radius 2 is 1.67 bits per heavy atom. The third-order valence-electron chi connectivity index (χ3n) is 3.31. The first-order valence-corrected chi connectivity index (χ1v) is 5.61. The maximum atomic E-state index is 10.5. The first-order valence-electron chi connectivity index (χ1n) is 5.61. The Morgan fingerprint density at radius 1 is 1.07 bits per heavy atom. The second kappa shape index (κ2) is 4.23. The van der Waals surface area contributed by atoms with Gasteiger partial charge in [-0.2, -0.15) is 0 Å². The molecule has 1 fully saturated rings. The quantitative estimate of drug-likeness (QED) is 0.806. The largest absolute Gasteiger partial charge is 0.497 e. The molecule has 82 valence electrons. The molecule has 0 aliphatic heterocycles. The van der Waals surface area contributed by atoms with Gasteiger partial charge in [0.15, 0.2) is 0 Å². The topological polar surface area (TPSA) is 29.5 Å². The van der Waals surface area contributed by atoms with Crippen molar-refractivity contribution in [2.75, 3.05) is 7.11 Å². The molecular weight excluding hydrogens is 188 g/mol. The van der Waals surface area contributed by atoms with E-state index in [4.69, 9.17) is 4.74 Å². The molecule has 1 aliphatic rings. The fourth-order valence-corrected chi connectivity index (χ4v) is 2.33. The van der Waals surface area contributed by atoms with E-state index < -0.39 is 5.60 Å². The average Bonchev–Trinajstić information content (AvgIpc) is 2.30. The zero-order chi connectivity index (χ0) is 10.7. The van der Waals surface area contributed by atoms with Gasteiger partial charge >= 0.3 is 0 Å². The van der Waals surface area contributed by atoms with Crippen molar-refractivity contribution in [1.29, 1.82) is 0 Å². The number of hydrogen-bond acceptors (Lipinski definition) is 2. The molecular formula is C13H18O2. The predicted octanol–water partition coefficient (Wildman–Crippen LogP) is 2.85. The van der Waals surface area contributed by atoms with Crippen LogP contribution in [0.4, 0.5) is 0 Å². The van der Waals surface area contributed by atoms with Crippen molar-refractivity contribution in [1.82, 2.24) is 0 Å². The van der Waals surface area contributed by atoms with Crippen LogP contribution in [0.15, 0.2) is 24.3 Å². The lowest BCUT2D eigenvalue weighted by Crippen LogP contribution is -2.28. The molecule has 1 N–H and O–H groups in total. The van der Waals surface area contributed by atoms with Crippen LogP contribution < -0.4 is 4.74 Å². The molecule has 1 aliphatic carbocycles. The van der Waals surface area contributed by atoms with Gasteiger partial charge in [-0.05, 0) is 30.5 Å². The van der Waals surface area contributed by atoms with E-state index in [2.05, 4.69) is 0 Å². The average molecular weight is 206 g/mol. The summed E-state index contributed by atoms with van der Waals surface area (Å²) in [6, 6.07) is 7.79. The lowest BCUT2D eigenvalue weighted by molar-refractivity contribution is -0.000653. The van der Waals surface area contributed by atoms with E-state index in [0.29, 0.717) is 0 Å². The van der Waals surface area contributed by atoms with E-state index in [0.717, 1.165) is 37.0 Å². The van der Waals surface area contributed by atoms with Crippen molar-refractivity contribution in [2.24, 2.45) is 0 Å². The number of benzene rings is 1. The molecule has 0 amide bonds. The standard InChI is InChI=1S/C13H18O2/c1-15-12-7-5-11(6-8-12)13(14)9-3-2-4-10-13/h5-8,14H,2-4,9-10H2,1H3. The van der Waals surface area contributed by atoms with Gasteiger partial charge in [0.1, 0.15) is 5.75 Å². The molecule has 1 aromatic carbocycles. The van der Waals surface area contributed by atoms with Gasteiger partial charge < -0.3 is 9.84 Å². The lowest BCUT2D eigenvalue weighted by atomic mass is 9.80. The second-order valence-corrected chi connectivity index (χ2v) is 4.32. The molecule has 0 atom stereocenters. The van der Waals surface area contributed by atoms with Gasteiger partial charge in [0.2, 0.25) is 0 Å². The summed E-state index contributed by atoms with van der Waals surface area (Å²) in [5.41, 5.74) is 0.438. The van der Waals surface area contributed by atoms with E-state index in [-0.39, 0.29) is 0 Å². The van der Waals surface area contributed by atoms with Crippen molar-refractivity contribution in [2.45, 2.75) is 37.7 Å². The van der Waals surface area contributed by atoms with E-state index in [1.54, 1.807) is 7.11 Å². The molecule has 0 spiro atoms. The minimum Gasteiger partial charge on any atom is -0.497 e. The van der Waals surface area contributed by atoms with Crippen LogP contribution in [-0.4, -0.2) is 12.2 Å². The van der Waals surface area contributed by atoms with Crippen LogP contribution in [-0.2, 0) is 5.60 Å². The van der Waals surface area contributed by atoms with E-state index in [1.165, 1.54) is 6.42 Å². The summed E-state index contributed by atoms with van der Waals surface area (Å²) in [5, 5.41) is 10.5. The zero-order valence-electron chi connectivity index (χ0n) is 9.20. The third kappa shape index (κ3) is 2.15. The first-order chi connectivity index (χ1) is 7.24. The molecule has 2 rings (SSSR count). The molecule has 1 saturated carbocycles. The van der Waals surface area contributed by atoms with Crippen LogP contribution in [0.1, 0.15) is 37.7 Å². The van der Waals surface area contributed by atoms with Crippen LogP contribution >= 0.6 is 0 Å². The minimum absolute atomic E-state index is 0.593. The van der Waals surface area contributed by atoms with Gasteiger partial charge in [-0.15, -0.1) is 0 Å². The second-order valence-electron chi connectivity index (χ2n) is 4.32. The van der Waals surface area contributed by atoms with E-state index in [1.807, 2.05) is 24.3 Å². The van der Waals surface area contributed by atoms with Crippen molar-refractivity contribution in [3.05, 3.63) is 29.8 Å². The fourth-order valence-electron chi connectivity index (χ4n) is 2.33. The van der Waals surface area contributed by atoms with Gasteiger partial charge in [-0.3, -0.25) is 0 Å². The number of methoxy groups -OCH3 is 1. The molecule has 0 radical (unpaired) electrons. The number of hydrogen-bond donors (Lipinski definition) is 1. The minimum atomic E-state index is -0.593. The Hall–Kier alpha value is -1.02. The van der Waals surface area contributed by atoms with Gasteiger partial charge in [0, 0.05) is 0 Å². The molecule has 15 heavy (non-hydrogen) atoms. The lowest BCUT2D eigenvalue weighted by Gasteiger charge is -2.32. The Kier molecular flexibility index (Phi) is 2.96. The molecule has 2 heteroatoms. The Balaban J connectivity index is 2.20. The summed E-state index contributed by atoms with van der Waals surface area (Å²) < 4.78 is 5.11. The van der Waals surface area contributed by atoms with Crippen molar-refractivity contribution < 1.29 is 9.84 Å². The number of aliphatic hydroxyl groups is 1. The summed E-state index contributed by atoms with van der Waals surface area (Å²) >= 11 is 0. The van der Waals surface area contributed by atoms with Crippen molar-refractivity contribution >= 4 is 0 Å². The number of rotatable bonds is 2. The molecule has 1 aromatic rings. The molecule has 0 bridgehead atoms. The summed E-state index contributed by atoms with van der Waals surface area (Å²) in [6.45, 7) is 0. The van der Waals surface area contributed by atoms with Crippen molar-refractivity contribution in [3.63, 3.8) is 0 Å². The van der Waals surface area contributed by atoms with Crippen LogP contribution in [0.25, 0.3) is 0 Å². The SMILES string of the molecule is COc1ccc(C2(O)CCCCC2)cc1. The maximum Gasteiger partial charge on any atom is 0.118 e. The first kappa shape index (κ1) is 10.5. The summed E-state index contributed by atoms with van der Waals surface area (Å²) in [5.74, 6) is 0.846. The van der Waals surface area contributed by atoms with Gasteiger partial charge in [0.05, 0.1) is 12.7 Å². The van der Waals surface area contributed by atoms with Crippen molar-refractivity contribution in [3.8, 4) is 5.75 Å². The molecule has 0 unspecified atom stereocenters. The zero-order valence-corrected chi connectivity index (χ0v) is 9.20. The highest BCUT2D eigenvalue weighted by molar-refractivity contribution is 5.31. The van der Waals surface area contributed by atoms with Crippen LogP contribution in [0, 0.1) is 0 Å². The normalized spacial score (nSPS) is 19.9. The molecule has 0 saturated heterocycles. The molecule has 0 aromatic heterocycles.